The van der Waals surface area contributed by atoms with Crippen molar-refractivity contribution in [3.8, 4) is 11.5 Å². The predicted octanol–water partition coefficient (Wildman–Crippen LogP) is 10.6. The van der Waals surface area contributed by atoms with E-state index >= 15 is 0 Å². The van der Waals surface area contributed by atoms with Crippen molar-refractivity contribution >= 4 is 35.7 Å². The molecule has 1 heterocycles. The zero-order valence-electron chi connectivity index (χ0n) is 25.0. The molecule has 1 heteroatoms. The number of rotatable bonds is 6. The van der Waals surface area contributed by atoms with Crippen LogP contribution in [0.2, 0.25) is 0 Å². The molecule has 1 aliphatic rings. The summed E-state index contributed by atoms with van der Waals surface area (Å²) in [5, 5.41) is 2.64. The Labute approximate surface area is 267 Å². The zero-order valence-corrected chi connectivity index (χ0v) is 26.0. The van der Waals surface area contributed by atoms with Gasteiger partial charge in [-0.25, -0.2) is 0 Å². The van der Waals surface area contributed by atoms with E-state index in [4.69, 9.17) is 0 Å². The molecule has 0 atom stereocenters. The summed E-state index contributed by atoms with van der Waals surface area (Å²) in [7, 11) is -3.01. The second kappa shape index (κ2) is 12.9. The summed E-state index contributed by atoms with van der Waals surface area (Å²) < 4.78 is 0. The molecule has 0 amide bonds. The SMILES string of the molecule is C(#C[Si]1(/C=C/c2ccccc2)C(c2ccccc2)=C(c2ccccc2)C(c2ccccc2)=C1c1ccccc1)c1ccccc1. The maximum absolute atomic E-state index is 4.06. The zero-order chi connectivity index (χ0) is 30.3. The molecule has 0 nitrogen and oxygen atoms in total. The van der Waals surface area contributed by atoms with E-state index in [0.717, 1.165) is 5.56 Å². The van der Waals surface area contributed by atoms with E-state index in [-0.39, 0.29) is 0 Å². The molecule has 0 aliphatic carbocycles. The Morgan fingerprint density at radius 3 is 1.16 bits per heavy atom. The molecule has 45 heavy (non-hydrogen) atoms. The van der Waals surface area contributed by atoms with E-state index in [1.165, 1.54) is 49.4 Å². The van der Waals surface area contributed by atoms with Crippen molar-refractivity contribution in [1.29, 1.82) is 0 Å². The molecule has 0 fully saturated rings. The Bertz CT molecular complexity index is 1950. The summed E-state index contributed by atoms with van der Waals surface area (Å²) in [5.41, 5.74) is 16.1. The minimum Gasteiger partial charge on any atom is -0.109 e. The standard InChI is InChI=1S/C44H32Si/c1-7-19-35(20-8-1)31-33-45(34-32-36-21-9-2-10-22-36)43(39-27-15-5-16-28-39)41(37-23-11-3-12-24-37)42(38-25-13-4-14-26-38)44(45)40-29-17-6-18-30-40/h1-31,33H/b33-31+. The van der Waals surface area contributed by atoms with E-state index in [2.05, 4.69) is 205 Å². The number of hydrogen-bond donors (Lipinski definition) is 0. The van der Waals surface area contributed by atoms with Gasteiger partial charge in [-0.1, -0.05) is 188 Å². The van der Waals surface area contributed by atoms with Gasteiger partial charge < -0.3 is 0 Å². The summed E-state index contributed by atoms with van der Waals surface area (Å²) in [6.45, 7) is 0. The third kappa shape index (κ3) is 5.68. The second-order valence-corrected chi connectivity index (χ2v) is 14.3. The van der Waals surface area contributed by atoms with Gasteiger partial charge in [-0.2, -0.15) is 0 Å². The molecular formula is C44H32Si. The topological polar surface area (TPSA) is 0 Å². The molecule has 212 valence electrons. The first-order valence-corrected chi connectivity index (χ1v) is 17.5. The molecule has 7 rings (SSSR count). The molecule has 0 spiro atoms. The summed E-state index contributed by atoms with van der Waals surface area (Å²) in [5.74, 6) is 3.70. The highest BCUT2D eigenvalue weighted by atomic mass is 28.3. The van der Waals surface area contributed by atoms with Gasteiger partial charge in [-0.05, 0) is 61.5 Å². The van der Waals surface area contributed by atoms with Gasteiger partial charge in [0.2, 0.25) is 8.07 Å². The molecule has 0 N–H and O–H groups in total. The van der Waals surface area contributed by atoms with Crippen LogP contribution in [0.5, 0.6) is 0 Å². The predicted molar refractivity (Wildman–Crippen MR) is 194 cm³/mol. The summed E-state index contributed by atoms with van der Waals surface area (Å²) in [6, 6.07) is 64.7. The smallest absolute Gasteiger partial charge is 0.109 e. The average Bonchev–Trinajstić information content (AvgIpc) is 3.43. The van der Waals surface area contributed by atoms with Crippen LogP contribution in [-0.2, 0) is 0 Å². The van der Waals surface area contributed by atoms with Crippen LogP contribution < -0.4 is 0 Å². The molecule has 0 unspecified atom stereocenters. The molecule has 0 radical (unpaired) electrons. The Hall–Kier alpha value is -5.68. The summed E-state index contributed by atoms with van der Waals surface area (Å²) in [6.07, 6.45) is 2.30. The van der Waals surface area contributed by atoms with Crippen molar-refractivity contribution in [2.75, 3.05) is 0 Å². The molecule has 0 aromatic heterocycles. The quantitative estimate of drug-likeness (QED) is 0.134. The molecule has 6 aromatic carbocycles. The summed E-state index contributed by atoms with van der Waals surface area (Å²) in [4.78, 5) is 0. The molecule has 6 aromatic rings. The van der Waals surface area contributed by atoms with Crippen molar-refractivity contribution in [3.63, 3.8) is 0 Å². The first-order valence-electron chi connectivity index (χ1n) is 15.4. The van der Waals surface area contributed by atoms with Gasteiger partial charge in [0.15, 0.2) is 0 Å². The van der Waals surface area contributed by atoms with Crippen molar-refractivity contribution in [2.45, 2.75) is 0 Å². The Balaban J connectivity index is 1.68. The van der Waals surface area contributed by atoms with E-state index in [0.29, 0.717) is 0 Å². The van der Waals surface area contributed by atoms with Crippen molar-refractivity contribution < 1.29 is 0 Å². The van der Waals surface area contributed by atoms with Crippen LogP contribution in [0.3, 0.4) is 0 Å². The molecule has 0 saturated heterocycles. The van der Waals surface area contributed by atoms with Gasteiger partial charge in [0.25, 0.3) is 0 Å². The lowest BCUT2D eigenvalue weighted by Gasteiger charge is -2.27. The maximum atomic E-state index is 4.06. The van der Waals surface area contributed by atoms with Gasteiger partial charge in [0.05, 0.1) is 0 Å². The van der Waals surface area contributed by atoms with Gasteiger partial charge >= 0.3 is 0 Å². The lowest BCUT2D eigenvalue weighted by atomic mass is 9.89. The second-order valence-electron chi connectivity index (χ2n) is 11.1. The van der Waals surface area contributed by atoms with Crippen molar-refractivity contribution in [3.05, 3.63) is 221 Å². The number of hydrogen-bond acceptors (Lipinski definition) is 0. The largest absolute Gasteiger partial charge is 0.225 e. The maximum Gasteiger partial charge on any atom is 0.225 e. The van der Waals surface area contributed by atoms with Crippen LogP contribution in [0.25, 0.3) is 27.6 Å². The van der Waals surface area contributed by atoms with E-state index in [9.17, 15) is 0 Å². The van der Waals surface area contributed by atoms with Crippen LogP contribution in [0.15, 0.2) is 188 Å². The van der Waals surface area contributed by atoms with Crippen LogP contribution >= 0.6 is 0 Å². The van der Waals surface area contributed by atoms with E-state index in [1.54, 1.807) is 0 Å². The minimum atomic E-state index is -3.01. The highest BCUT2D eigenvalue weighted by Crippen LogP contribution is 2.56. The lowest BCUT2D eigenvalue weighted by molar-refractivity contribution is 1.58. The van der Waals surface area contributed by atoms with Crippen LogP contribution in [0.4, 0.5) is 0 Å². The minimum absolute atomic E-state index is 1.02. The van der Waals surface area contributed by atoms with Gasteiger partial charge in [-0.3, -0.25) is 0 Å². The first kappa shape index (κ1) is 28.1. The van der Waals surface area contributed by atoms with E-state index < -0.39 is 8.07 Å². The highest BCUT2D eigenvalue weighted by Gasteiger charge is 2.48. The van der Waals surface area contributed by atoms with Gasteiger partial charge in [0, 0.05) is 5.56 Å². The number of allylic oxidation sites excluding steroid dienone is 2. The van der Waals surface area contributed by atoms with Gasteiger partial charge in [0.1, 0.15) is 0 Å². The van der Waals surface area contributed by atoms with Crippen LogP contribution in [-0.4, -0.2) is 8.07 Å². The molecule has 1 aliphatic heterocycles. The Morgan fingerprint density at radius 1 is 0.378 bits per heavy atom. The third-order valence-corrected chi connectivity index (χ3v) is 12.1. The fraction of sp³-hybridized carbons (Fsp3) is 0. The lowest BCUT2D eigenvalue weighted by Crippen LogP contribution is -2.34. The Kier molecular flexibility index (Phi) is 8.06. The van der Waals surface area contributed by atoms with Crippen molar-refractivity contribution in [1.82, 2.24) is 0 Å². The van der Waals surface area contributed by atoms with E-state index in [1.807, 2.05) is 0 Å². The molecule has 0 saturated carbocycles. The Morgan fingerprint density at radius 2 is 0.733 bits per heavy atom. The first-order chi connectivity index (χ1) is 22.3. The van der Waals surface area contributed by atoms with Crippen LogP contribution in [0.1, 0.15) is 33.4 Å². The fourth-order valence-corrected chi connectivity index (χ4v) is 10.6. The fourth-order valence-electron chi connectivity index (χ4n) is 6.32. The third-order valence-electron chi connectivity index (χ3n) is 8.29. The monoisotopic (exact) mass is 588 g/mol. The average molecular weight is 589 g/mol. The normalized spacial score (nSPS) is 14.0. The molecular weight excluding hydrogens is 557 g/mol. The summed E-state index contributed by atoms with van der Waals surface area (Å²) >= 11 is 0. The van der Waals surface area contributed by atoms with Crippen molar-refractivity contribution in [2.24, 2.45) is 0 Å². The van der Waals surface area contributed by atoms with Crippen LogP contribution in [0, 0.1) is 11.5 Å². The molecule has 0 bridgehead atoms. The number of benzene rings is 6. The highest BCUT2D eigenvalue weighted by molar-refractivity contribution is 7.22. The van der Waals surface area contributed by atoms with Gasteiger partial charge in [-0.15, -0.1) is 5.54 Å².